The van der Waals surface area contributed by atoms with E-state index in [0.29, 0.717) is 23.9 Å². The predicted octanol–water partition coefficient (Wildman–Crippen LogP) is 12.7. The Morgan fingerprint density at radius 3 is 1.35 bits per heavy atom. The van der Waals surface area contributed by atoms with Crippen molar-refractivity contribution in [1.82, 2.24) is 0 Å². The number of nitrogens with zero attached hydrogens (tertiary/aromatic N) is 1. The highest BCUT2D eigenvalue weighted by atomic mass is 16.7. The number of allylic oxidation sites excluding steroid dienone is 2. The van der Waals surface area contributed by atoms with Crippen LogP contribution in [0, 0.1) is 0 Å². The van der Waals surface area contributed by atoms with Gasteiger partial charge in [-0.1, -0.05) is 187 Å². The van der Waals surface area contributed by atoms with E-state index in [4.69, 9.17) is 18.9 Å². The fraction of sp³-hybridized carbons (Fsp3) is 0.896. The van der Waals surface area contributed by atoms with Crippen molar-refractivity contribution in [1.29, 1.82) is 0 Å². The van der Waals surface area contributed by atoms with Crippen LogP contribution in [0.5, 0.6) is 0 Å². The summed E-state index contributed by atoms with van der Waals surface area (Å²) in [5.74, 6) is -2.01. The third-order valence-corrected chi connectivity index (χ3v) is 10.5. The molecule has 0 aliphatic heterocycles. The number of unbranched alkanes of at least 4 members (excludes halogenated alkanes) is 27. The van der Waals surface area contributed by atoms with Crippen LogP contribution in [-0.4, -0.2) is 87.4 Å². The summed E-state index contributed by atoms with van der Waals surface area (Å²) in [6.45, 7) is 4.85. The minimum Gasteiger partial charge on any atom is -0.477 e. The summed E-state index contributed by atoms with van der Waals surface area (Å²) in [4.78, 5) is 37.1. The number of esters is 2. The molecule has 0 fully saturated rings. The van der Waals surface area contributed by atoms with Crippen LogP contribution in [-0.2, 0) is 33.3 Å². The van der Waals surface area contributed by atoms with Gasteiger partial charge in [-0.15, -0.1) is 0 Å². The molecule has 2 atom stereocenters. The number of aliphatic carboxylic acids is 1. The SMILES string of the molecule is CCCC/C=C\CCCCCCCC(=O)OC(COC(=O)CCCCCCCCCCCCCCCCCCCCCCC)COC(OCC[N+](C)(C)C)C(=O)O. The van der Waals surface area contributed by atoms with Crippen molar-refractivity contribution in [2.24, 2.45) is 0 Å². The van der Waals surface area contributed by atoms with E-state index < -0.39 is 24.3 Å². The minimum absolute atomic E-state index is 0.180. The van der Waals surface area contributed by atoms with Gasteiger partial charge < -0.3 is 28.5 Å². The largest absolute Gasteiger partial charge is 0.477 e. The molecule has 57 heavy (non-hydrogen) atoms. The van der Waals surface area contributed by atoms with E-state index in [1.165, 1.54) is 128 Å². The number of carbonyl (C=O) groups is 3. The van der Waals surface area contributed by atoms with Crippen molar-refractivity contribution in [2.45, 2.75) is 232 Å². The Balaban J connectivity index is 4.26. The molecule has 0 aliphatic carbocycles. The first kappa shape index (κ1) is 55.0. The van der Waals surface area contributed by atoms with Gasteiger partial charge in [0.15, 0.2) is 6.10 Å². The average molecular weight is 811 g/mol. The molecule has 0 aromatic rings. The fourth-order valence-corrected chi connectivity index (χ4v) is 6.76. The van der Waals surface area contributed by atoms with Gasteiger partial charge in [-0.2, -0.15) is 0 Å². The zero-order chi connectivity index (χ0) is 42.1. The monoisotopic (exact) mass is 811 g/mol. The number of hydrogen-bond donors (Lipinski definition) is 1. The van der Waals surface area contributed by atoms with E-state index in [0.717, 1.165) is 57.8 Å². The number of carbonyl (C=O) groups excluding carboxylic acids is 2. The van der Waals surface area contributed by atoms with E-state index in [9.17, 15) is 19.5 Å². The molecule has 0 amide bonds. The number of hydrogen-bond acceptors (Lipinski definition) is 7. The Morgan fingerprint density at radius 1 is 0.509 bits per heavy atom. The number of likely N-dealkylation sites (N-methyl/N-ethyl adjacent to an activating group) is 1. The Kier molecular flexibility index (Phi) is 39.4. The van der Waals surface area contributed by atoms with Crippen molar-refractivity contribution < 1.29 is 42.9 Å². The van der Waals surface area contributed by atoms with Gasteiger partial charge in [0.2, 0.25) is 0 Å². The molecule has 0 rings (SSSR count). The third-order valence-electron chi connectivity index (χ3n) is 10.5. The van der Waals surface area contributed by atoms with Gasteiger partial charge in [0.1, 0.15) is 13.2 Å². The van der Waals surface area contributed by atoms with Gasteiger partial charge in [0.25, 0.3) is 6.29 Å². The zero-order valence-electron chi connectivity index (χ0n) is 38.0. The maximum Gasteiger partial charge on any atom is 0.361 e. The van der Waals surface area contributed by atoms with Crippen molar-refractivity contribution >= 4 is 17.9 Å². The maximum atomic E-state index is 12.7. The van der Waals surface area contributed by atoms with Gasteiger partial charge in [-0.25, -0.2) is 4.79 Å². The molecule has 0 aromatic heterocycles. The molecule has 2 unspecified atom stereocenters. The smallest absolute Gasteiger partial charge is 0.361 e. The van der Waals surface area contributed by atoms with E-state index in [2.05, 4.69) is 26.0 Å². The van der Waals surface area contributed by atoms with Gasteiger partial charge in [0, 0.05) is 12.8 Å². The lowest BCUT2D eigenvalue weighted by Gasteiger charge is -2.25. The second kappa shape index (κ2) is 40.8. The Hall–Kier alpha value is -1.97. The number of rotatable bonds is 44. The van der Waals surface area contributed by atoms with E-state index >= 15 is 0 Å². The van der Waals surface area contributed by atoms with Crippen molar-refractivity contribution in [3.05, 3.63) is 12.2 Å². The first-order valence-electron chi connectivity index (χ1n) is 23.9. The van der Waals surface area contributed by atoms with Crippen LogP contribution < -0.4 is 0 Å². The zero-order valence-corrected chi connectivity index (χ0v) is 38.0. The van der Waals surface area contributed by atoms with Gasteiger partial charge in [-0.3, -0.25) is 9.59 Å². The first-order chi connectivity index (χ1) is 27.6. The predicted molar refractivity (Wildman–Crippen MR) is 235 cm³/mol. The van der Waals surface area contributed by atoms with Crippen LogP contribution in [0.15, 0.2) is 12.2 Å². The maximum absolute atomic E-state index is 12.7. The van der Waals surface area contributed by atoms with Crippen LogP contribution in [0.25, 0.3) is 0 Å². The fourth-order valence-electron chi connectivity index (χ4n) is 6.76. The molecule has 0 heterocycles. The summed E-state index contributed by atoms with van der Waals surface area (Å²) in [7, 11) is 5.96. The quantitative estimate of drug-likeness (QED) is 0.0213. The van der Waals surface area contributed by atoms with Crippen LogP contribution in [0.1, 0.15) is 219 Å². The topological polar surface area (TPSA) is 108 Å². The third kappa shape index (κ3) is 42.0. The van der Waals surface area contributed by atoms with Gasteiger partial charge in [0.05, 0.1) is 34.4 Å². The molecule has 0 radical (unpaired) electrons. The highest BCUT2D eigenvalue weighted by Crippen LogP contribution is 2.16. The lowest BCUT2D eigenvalue weighted by molar-refractivity contribution is -0.870. The Labute approximate surface area is 351 Å². The van der Waals surface area contributed by atoms with Crippen LogP contribution in [0.3, 0.4) is 0 Å². The van der Waals surface area contributed by atoms with E-state index in [-0.39, 0.29) is 32.2 Å². The first-order valence-corrected chi connectivity index (χ1v) is 23.9. The second-order valence-corrected chi connectivity index (χ2v) is 17.4. The number of carboxylic acids is 1. The molecule has 0 spiro atoms. The molecular formula is C48H92NO8+. The summed E-state index contributed by atoms with van der Waals surface area (Å²) in [6.07, 6.45) is 39.9. The summed E-state index contributed by atoms with van der Waals surface area (Å²) in [5.41, 5.74) is 0. The number of carboxylic acid groups (broad SMARTS) is 1. The summed E-state index contributed by atoms with van der Waals surface area (Å²) < 4.78 is 22.7. The summed E-state index contributed by atoms with van der Waals surface area (Å²) in [5, 5.41) is 9.63. The standard InChI is InChI=1S/C48H91NO8/c1-6-8-10-12-14-16-18-19-20-21-22-23-24-25-26-27-29-30-32-34-36-38-45(50)55-42-44(43-56-48(47(52)53)54-41-40-49(3,4)5)57-46(51)39-37-35-33-31-28-17-15-13-11-9-7-2/h13,15,44,48H,6-12,14,16-43H2,1-5H3/p+1/b15-13-. The Bertz CT molecular complexity index is 949. The van der Waals surface area contributed by atoms with Crippen molar-refractivity contribution in [2.75, 3.05) is 47.5 Å². The molecule has 0 aromatic carbocycles. The van der Waals surface area contributed by atoms with Crippen LogP contribution in [0.2, 0.25) is 0 Å². The highest BCUT2D eigenvalue weighted by Gasteiger charge is 2.25. The summed E-state index contributed by atoms with van der Waals surface area (Å²) >= 11 is 0. The molecule has 9 nitrogen and oxygen atoms in total. The second-order valence-electron chi connectivity index (χ2n) is 17.4. The lowest BCUT2D eigenvalue weighted by Crippen LogP contribution is -2.40. The molecule has 1 N–H and O–H groups in total. The minimum atomic E-state index is -1.51. The molecule has 0 aliphatic rings. The van der Waals surface area contributed by atoms with Crippen molar-refractivity contribution in [3.63, 3.8) is 0 Å². The highest BCUT2D eigenvalue weighted by molar-refractivity contribution is 5.71. The molecule has 0 saturated carbocycles. The normalized spacial score (nSPS) is 12.9. The van der Waals surface area contributed by atoms with Crippen molar-refractivity contribution in [3.8, 4) is 0 Å². The molecular weight excluding hydrogens is 719 g/mol. The van der Waals surface area contributed by atoms with Crippen LogP contribution in [0.4, 0.5) is 0 Å². The number of ether oxygens (including phenoxy) is 4. The lowest BCUT2D eigenvalue weighted by atomic mass is 10.0. The molecule has 9 heteroatoms. The average Bonchev–Trinajstić information content (AvgIpc) is 3.17. The molecule has 0 bridgehead atoms. The Morgan fingerprint density at radius 2 is 0.912 bits per heavy atom. The van der Waals surface area contributed by atoms with Gasteiger partial charge >= 0.3 is 17.9 Å². The summed E-state index contributed by atoms with van der Waals surface area (Å²) in [6, 6.07) is 0. The van der Waals surface area contributed by atoms with E-state index in [1.807, 2.05) is 21.1 Å². The van der Waals surface area contributed by atoms with Gasteiger partial charge in [-0.05, 0) is 32.1 Å². The molecule has 336 valence electrons. The van der Waals surface area contributed by atoms with Crippen LogP contribution >= 0.6 is 0 Å². The van der Waals surface area contributed by atoms with E-state index in [1.54, 1.807) is 0 Å². The number of quaternary nitrogens is 1. The molecule has 0 saturated heterocycles.